The molecule has 0 atom stereocenters. The lowest BCUT2D eigenvalue weighted by molar-refractivity contribution is -0.116. The molecule has 1 aromatic heterocycles. The molecule has 0 bridgehead atoms. The van der Waals surface area contributed by atoms with Crippen LogP contribution < -0.4 is 15.7 Å². The van der Waals surface area contributed by atoms with Crippen molar-refractivity contribution in [1.82, 2.24) is 13.4 Å². The number of imidazole rings is 1. The van der Waals surface area contributed by atoms with Crippen LogP contribution in [0.4, 0.5) is 5.69 Å². The minimum Gasteiger partial charge on any atom is -0.495 e. The summed E-state index contributed by atoms with van der Waals surface area (Å²) in [4.78, 5) is 26.2. The van der Waals surface area contributed by atoms with Crippen molar-refractivity contribution in [2.24, 2.45) is 0 Å². The summed E-state index contributed by atoms with van der Waals surface area (Å²) in [5.41, 5.74) is 1.11. The highest BCUT2D eigenvalue weighted by molar-refractivity contribution is 7.89. The summed E-state index contributed by atoms with van der Waals surface area (Å²) in [5.74, 6) is 0.0824. The van der Waals surface area contributed by atoms with Crippen LogP contribution in [0.5, 0.6) is 5.75 Å². The molecule has 33 heavy (non-hydrogen) atoms. The Balaban J connectivity index is 1.75. The van der Waals surface area contributed by atoms with Crippen LogP contribution in [0.1, 0.15) is 32.7 Å². The maximum absolute atomic E-state index is 13.2. The van der Waals surface area contributed by atoms with Crippen molar-refractivity contribution in [2.45, 2.75) is 44.2 Å². The van der Waals surface area contributed by atoms with E-state index in [4.69, 9.17) is 4.74 Å². The number of benzene rings is 2. The number of nitrogens with zero attached hydrogens (tertiary/aromatic N) is 3. The predicted molar refractivity (Wildman–Crippen MR) is 126 cm³/mol. The van der Waals surface area contributed by atoms with E-state index in [1.807, 2.05) is 13.8 Å². The topological polar surface area (TPSA) is 103 Å². The number of carbonyl (C=O) groups excluding carboxylic acids is 1. The fourth-order valence-electron chi connectivity index (χ4n) is 4.23. The Morgan fingerprint density at radius 3 is 2.45 bits per heavy atom. The second-order valence-corrected chi connectivity index (χ2v) is 10.3. The number of rotatable bonds is 7. The van der Waals surface area contributed by atoms with Gasteiger partial charge in [-0.1, -0.05) is 12.1 Å². The van der Waals surface area contributed by atoms with E-state index in [1.165, 1.54) is 28.1 Å². The summed E-state index contributed by atoms with van der Waals surface area (Å²) in [6.07, 6.45) is 1.66. The number of hydrogen-bond donors (Lipinski definition) is 1. The highest BCUT2D eigenvalue weighted by Crippen LogP contribution is 2.26. The molecule has 2 aromatic carbocycles. The molecular weight excluding hydrogens is 444 g/mol. The first-order valence-electron chi connectivity index (χ1n) is 10.9. The molecule has 0 saturated carbocycles. The summed E-state index contributed by atoms with van der Waals surface area (Å²) in [7, 11) is -2.16. The minimum atomic E-state index is -3.67. The van der Waals surface area contributed by atoms with Crippen molar-refractivity contribution in [3.63, 3.8) is 0 Å². The zero-order valence-corrected chi connectivity index (χ0v) is 19.8. The fraction of sp³-hybridized carbons (Fsp3) is 0.391. The number of nitrogens with one attached hydrogen (secondary N) is 1. The Bertz CT molecular complexity index is 1350. The van der Waals surface area contributed by atoms with Gasteiger partial charge in [0.25, 0.3) is 0 Å². The standard InChI is InChI=1S/C23H28N4O5S/c1-16(2)27-19-11-10-17(33(30,31)25-12-6-7-13-25)14-20(19)26(23(27)29)15-22(28)24-18-8-4-5-9-21(18)32-3/h4-5,8-11,14,16H,6-7,12-13,15H2,1-3H3,(H,24,28). The average molecular weight is 473 g/mol. The Hall–Kier alpha value is -3.11. The Kier molecular flexibility index (Phi) is 6.31. The third-order valence-electron chi connectivity index (χ3n) is 5.84. The zero-order chi connectivity index (χ0) is 23.8. The van der Waals surface area contributed by atoms with Gasteiger partial charge in [0.15, 0.2) is 0 Å². The Morgan fingerprint density at radius 2 is 1.79 bits per heavy atom. The average Bonchev–Trinajstić information content (AvgIpc) is 3.41. The molecule has 1 fully saturated rings. The van der Waals surface area contributed by atoms with Crippen LogP contribution in [0.25, 0.3) is 11.0 Å². The van der Waals surface area contributed by atoms with E-state index in [0.29, 0.717) is 35.6 Å². The summed E-state index contributed by atoms with van der Waals surface area (Å²) >= 11 is 0. The molecule has 10 heteroatoms. The van der Waals surface area contributed by atoms with Crippen molar-refractivity contribution in [3.8, 4) is 5.75 Å². The van der Waals surface area contributed by atoms with Gasteiger partial charge in [-0.2, -0.15) is 4.31 Å². The lowest BCUT2D eigenvalue weighted by Gasteiger charge is -2.16. The van der Waals surface area contributed by atoms with Gasteiger partial charge in [-0.05, 0) is 57.0 Å². The molecule has 0 spiro atoms. The molecule has 0 unspecified atom stereocenters. The van der Waals surface area contributed by atoms with Gasteiger partial charge in [-0.25, -0.2) is 13.2 Å². The van der Waals surface area contributed by atoms with Crippen molar-refractivity contribution in [1.29, 1.82) is 0 Å². The maximum atomic E-state index is 13.2. The normalized spacial score (nSPS) is 14.8. The molecule has 3 aromatic rings. The second kappa shape index (κ2) is 9.03. The number of sulfonamides is 1. The highest BCUT2D eigenvalue weighted by atomic mass is 32.2. The molecule has 0 aliphatic carbocycles. The van der Waals surface area contributed by atoms with Gasteiger partial charge in [0.05, 0.1) is 28.7 Å². The van der Waals surface area contributed by atoms with Crippen LogP contribution in [0.2, 0.25) is 0 Å². The summed E-state index contributed by atoms with van der Waals surface area (Å²) in [6, 6.07) is 11.5. The van der Waals surface area contributed by atoms with Gasteiger partial charge < -0.3 is 10.1 Å². The van der Waals surface area contributed by atoms with Crippen LogP contribution in [0.3, 0.4) is 0 Å². The van der Waals surface area contributed by atoms with Gasteiger partial charge in [0.1, 0.15) is 12.3 Å². The zero-order valence-electron chi connectivity index (χ0n) is 18.9. The molecule has 1 amide bonds. The van der Waals surface area contributed by atoms with Crippen LogP contribution >= 0.6 is 0 Å². The third kappa shape index (κ3) is 4.28. The molecule has 1 saturated heterocycles. The predicted octanol–water partition coefficient (Wildman–Crippen LogP) is 2.82. The molecule has 2 heterocycles. The van der Waals surface area contributed by atoms with Gasteiger partial charge in [0.2, 0.25) is 15.9 Å². The number of hydrogen-bond acceptors (Lipinski definition) is 5. The summed E-state index contributed by atoms with van der Waals surface area (Å²) in [6.45, 7) is 4.45. The van der Waals surface area contributed by atoms with Crippen molar-refractivity contribution in [3.05, 3.63) is 52.9 Å². The second-order valence-electron chi connectivity index (χ2n) is 8.34. The number of amides is 1. The van der Waals surface area contributed by atoms with Crippen LogP contribution in [0, 0.1) is 0 Å². The van der Waals surface area contributed by atoms with Gasteiger partial charge in [-0.3, -0.25) is 13.9 Å². The van der Waals surface area contributed by atoms with E-state index in [1.54, 1.807) is 34.9 Å². The van der Waals surface area contributed by atoms with Crippen LogP contribution in [-0.4, -0.2) is 48.0 Å². The van der Waals surface area contributed by atoms with Gasteiger partial charge >= 0.3 is 5.69 Å². The molecule has 176 valence electrons. The van der Waals surface area contributed by atoms with E-state index >= 15 is 0 Å². The number of ether oxygens (including phenoxy) is 1. The van der Waals surface area contributed by atoms with Crippen LogP contribution in [-0.2, 0) is 21.4 Å². The number of fused-ring (bicyclic) bond motifs is 1. The summed E-state index contributed by atoms with van der Waals surface area (Å²) in [5, 5.41) is 2.77. The number of carbonyl (C=O) groups is 1. The fourth-order valence-corrected chi connectivity index (χ4v) is 5.77. The smallest absolute Gasteiger partial charge is 0.329 e. The third-order valence-corrected chi connectivity index (χ3v) is 7.73. The molecular formula is C23H28N4O5S. The Labute approximate surface area is 192 Å². The molecule has 1 aliphatic heterocycles. The molecule has 9 nitrogen and oxygen atoms in total. The number of para-hydroxylation sites is 2. The van der Waals surface area contributed by atoms with Gasteiger partial charge in [0, 0.05) is 19.1 Å². The highest BCUT2D eigenvalue weighted by Gasteiger charge is 2.28. The molecule has 1 aliphatic rings. The first kappa shape index (κ1) is 23.1. The van der Waals surface area contributed by atoms with E-state index < -0.39 is 15.9 Å². The summed E-state index contributed by atoms with van der Waals surface area (Å²) < 4.78 is 35.8. The SMILES string of the molecule is COc1ccccc1NC(=O)Cn1c(=O)n(C(C)C)c2ccc(S(=O)(=O)N3CCCC3)cc21. The van der Waals surface area contributed by atoms with E-state index in [-0.39, 0.29) is 23.2 Å². The molecule has 4 rings (SSSR count). The largest absolute Gasteiger partial charge is 0.495 e. The van der Waals surface area contributed by atoms with Crippen molar-refractivity contribution in [2.75, 3.05) is 25.5 Å². The Morgan fingerprint density at radius 1 is 1.09 bits per heavy atom. The minimum absolute atomic E-state index is 0.122. The van der Waals surface area contributed by atoms with Crippen LogP contribution in [0.15, 0.2) is 52.2 Å². The maximum Gasteiger partial charge on any atom is 0.329 e. The van der Waals surface area contributed by atoms with E-state index in [0.717, 1.165) is 12.8 Å². The monoisotopic (exact) mass is 472 g/mol. The number of aromatic nitrogens is 2. The van der Waals surface area contributed by atoms with Gasteiger partial charge in [-0.15, -0.1) is 0 Å². The van der Waals surface area contributed by atoms with E-state index in [2.05, 4.69) is 5.32 Å². The first-order valence-corrected chi connectivity index (χ1v) is 12.4. The van der Waals surface area contributed by atoms with Crippen molar-refractivity contribution < 1.29 is 17.9 Å². The number of methoxy groups -OCH3 is 1. The lowest BCUT2D eigenvalue weighted by atomic mass is 10.3. The number of anilines is 1. The lowest BCUT2D eigenvalue weighted by Crippen LogP contribution is -2.30. The molecule has 0 radical (unpaired) electrons. The van der Waals surface area contributed by atoms with E-state index in [9.17, 15) is 18.0 Å². The quantitative estimate of drug-likeness (QED) is 0.570. The first-order chi connectivity index (χ1) is 15.7. The van der Waals surface area contributed by atoms with Crippen molar-refractivity contribution >= 4 is 32.7 Å². The molecule has 1 N–H and O–H groups in total.